The third-order valence-corrected chi connectivity index (χ3v) is 6.62. The van der Waals surface area contributed by atoms with Gasteiger partial charge in [0.1, 0.15) is 18.2 Å². The van der Waals surface area contributed by atoms with E-state index in [4.69, 9.17) is 4.74 Å². The van der Waals surface area contributed by atoms with Gasteiger partial charge in [-0.05, 0) is 36.2 Å². The molecule has 0 spiro atoms. The van der Waals surface area contributed by atoms with Gasteiger partial charge >= 0.3 is 0 Å². The molecule has 160 valence electrons. The van der Waals surface area contributed by atoms with E-state index in [2.05, 4.69) is 30.7 Å². The Balaban J connectivity index is 1.85. The van der Waals surface area contributed by atoms with Gasteiger partial charge in [0, 0.05) is 18.0 Å². The molecule has 29 heavy (non-hydrogen) atoms. The molecule has 2 N–H and O–H groups in total. The standard InChI is InChI=1S/C19H24F3N3O3S/c1-19(2,3)11-4-5-12-14(8-11)23-10-16(12)29(26,27)25-18-13(21)9-15(17(22)24-18)28-7-6-20/h9-11,23H,4-8H2,1-3H3,(H,24,25). The maximum atomic E-state index is 14.2. The molecule has 0 saturated carbocycles. The second-order valence-corrected chi connectivity index (χ2v) is 9.82. The zero-order valence-electron chi connectivity index (χ0n) is 16.5. The van der Waals surface area contributed by atoms with Crippen molar-refractivity contribution in [3.63, 3.8) is 0 Å². The lowest BCUT2D eigenvalue weighted by Gasteiger charge is -2.34. The van der Waals surface area contributed by atoms with Gasteiger partial charge in [0.05, 0.1) is 0 Å². The van der Waals surface area contributed by atoms with Crippen LogP contribution in [0.25, 0.3) is 0 Å². The summed E-state index contributed by atoms with van der Waals surface area (Å²) in [6.07, 6.45) is 3.48. The van der Waals surface area contributed by atoms with E-state index in [0.717, 1.165) is 18.5 Å². The number of aromatic nitrogens is 2. The van der Waals surface area contributed by atoms with Crippen LogP contribution in [0.15, 0.2) is 17.2 Å². The summed E-state index contributed by atoms with van der Waals surface area (Å²) in [7, 11) is -4.18. The van der Waals surface area contributed by atoms with Crippen molar-refractivity contribution in [1.82, 2.24) is 9.97 Å². The first kappa shape index (κ1) is 21.5. The number of hydrogen-bond acceptors (Lipinski definition) is 4. The fourth-order valence-electron chi connectivity index (χ4n) is 3.53. The Morgan fingerprint density at radius 1 is 1.34 bits per heavy atom. The highest BCUT2D eigenvalue weighted by atomic mass is 32.2. The molecule has 0 aromatic carbocycles. The lowest BCUT2D eigenvalue weighted by atomic mass is 9.72. The first-order valence-corrected chi connectivity index (χ1v) is 10.8. The molecule has 10 heteroatoms. The quantitative estimate of drug-likeness (QED) is 0.678. The summed E-state index contributed by atoms with van der Waals surface area (Å²) in [4.78, 5) is 6.30. The van der Waals surface area contributed by atoms with Crippen molar-refractivity contribution >= 4 is 15.8 Å². The molecule has 0 amide bonds. The fraction of sp³-hybridized carbons (Fsp3) is 0.526. The number of nitrogens with one attached hydrogen (secondary N) is 2. The molecule has 1 unspecified atom stereocenters. The Kier molecular flexibility index (Phi) is 5.84. The van der Waals surface area contributed by atoms with E-state index in [1.165, 1.54) is 6.20 Å². The van der Waals surface area contributed by atoms with Gasteiger partial charge in [-0.1, -0.05) is 20.8 Å². The number of ether oxygens (including phenoxy) is 1. The second-order valence-electron chi connectivity index (χ2n) is 8.17. The molecule has 0 fully saturated rings. The van der Waals surface area contributed by atoms with Gasteiger partial charge in [0.2, 0.25) is 0 Å². The van der Waals surface area contributed by atoms with Crippen molar-refractivity contribution in [2.45, 2.75) is 44.9 Å². The maximum absolute atomic E-state index is 14.2. The first-order valence-electron chi connectivity index (χ1n) is 9.29. The number of rotatable bonds is 6. The summed E-state index contributed by atoms with van der Waals surface area (Å²) < 4.78 is 72.6. The number of alkyl halides is 1. The summed E-state index contributed by atoms with van der Waals surface area (Å²) >= 11 is 0. The van der Waals surface area contributed by atoms with E-state index in [9.17, 15) is 21.6 Å². The number of pyridine rings is 1. The van der Waals surface area contributed by atoms with E-state index in [1.54, 1.807) is 0 Å². The van der Waals surface area contributed by atoms with Crippen LogP contribution >= 0.6 is 0 Å². The monoisotopic (exact) mass is 431 g/mol. The average Bonchev–Trinajstić information content (AvgIpc) is 3.06. The largest absolute Gasteiger partial charge is 0.486 e. The molecule has 0 bridgehead atoms. The van der Waals surface area contributed by atoms with Crippen LogP contribution < -0.4 is 9.46 Å². The Labute approximate surface area is 167 Å². The number of anilines is 1. The highest BCUT2D eigenvalue weighted by Crippen LogP contribution is 2.39. The Bertz CT molecular complexity index is 1000. The first-order chi connectivity index (χ1) is 13.5. The van der Waals surface area contributed by atoms with Crippen molar-refractivity contribution in [1.29, 1.82) is 0 Å². The van der Waals surface area contributed by atoms with Gasteiger partial charge in [0.15, 0.2) is 17.4 Å². The van der Waals surface area contributed by atoms with E-state index >= 15 is 0 Å². The van der Waals surface area contributed by atoms with Crippen molar-refractivity contribution < 1.29 is 26.3 Å². The predicted octanol–water partition coefficient (Wildman–Crippen LogP) is 3.99. The number of halogens is 3. The van der Waals surface area contributed by atoms with Crippen LogP contribution in [-0.4, -0.2) is 31.7 Å². The van der Waals surface area contributed by atoms with Gasteiger partial charge in [-0.15, -0.1) is 0 Å². The Hall–Kier alpha value is -2.23. The molecule has 0 radical (unpaired) electrons. The van der Waals surface area contributed by atoms with Gasteiger partial charge in [-0.2, -0.15) is 9.37 Å². The van der Waals surface area contributed by atoms with Crippen LogP contribution in [0.2, 0.25) is 0 Å². The molecule has 2 aromatic heterocycles. The van der Waals surface area contributed by atoms with Crippen LogP contribution in [0.5, 0.6) is 5.75 Å². The summed E-state index contributed by atoms with van der Waals surface area (Å²) in [6, 6.07) is 0.635. The maximum Gasteiger partial charge on any atom is 0.264 e. The molecule has 2 aromatic rings. The van der Waals surface area contributed by atoms with Crippen molar-refractivity contribution in [3.8, 4) is 5.75 Å². The molecule has 2 heterocycles. The molecule has 0 saturated heterocycles. The SMILES string of the molecule is CC(C)(C)C1CCc2c(S(=O)(=O)Nc3nc(F)c(OCCF)cc3F)c[nH]c2C1. The number of hydrogen-bond donors (Lipinski definition) is 2. The van der Waals surface area contributed by atoms with Crippen LogP contribution in [0, 0.1) is 23.1 Å². The Morgan fingerprint density at radius 3 is 2.72 bits per heavy atom. The summed E-state index contributed by atoms with van der Waals surface area (Å²) in [5.74, 6) is -3.33. The van der Waals surface area contributed by atoms with E-state index in [1.807, 2.05) is 4.72 Å². The van der Waals surface area contributed by atoms with Crippen molar-refractivity contribution in [2.24, 2.45) is 11.3 Å². The third kappa shape index (κ3) is 4.52. The minimum Gasteiger partial charge on any atom is -0.486 e. The van der Waals surface area contributed by atoms with E-state index < -0.39 is 46.6 Å². The zero-order valence-corrected chi connectivity index (χ0v) is 17.3. The van der Waals surface area contributed by atoms with Crippen LogP contribution in [0.3, 0.4) is 0 Å². The lowest BCUT2D eigenvalue weighted by Crippen LogP contribution is -2.27. The summed E-state index contributed by atoms with van der Waals surface area (Å²) in [5, 5.41) is 0. The molecule has 1 aliphatic carbocycles. The van der Waals surface area contributed by atoms with Crippen molar-refractivity contribution in [3.05, 3.63) is 35.3 Å². The smallest absolute Gasteiger partial charge is 0.264 e. The number of sulfonamides is 1. The minimum absolute atomic E-state index is 0.000719. The van der Waals surface area contributed by atoms with E-state index in [-0.39, 0.29) is 10.3 Å². The van der Waals surface area contributed by atoms with Crippen LogP contribution in [0.4, 0.5) is 19.0 Å². The normalized spacial score (nSPS) is 17.1. The van der Waals surface area contributed by atoms with Crippen LogP contribution in [-0.2, 0) is 22.9 Å². The number of fused-ring (bicyclic) bond motifs is 1. The molecule has 1 aliphatic rings. The number of aromatic amines is 1. The topological polar surface area (TPSA) is 84.1 Å². The van der Waals surface area contributed by atoms with Gasteiger partial charge < -0.3 is 9.72 Å². The van der Waals surface area contributed by atoms with Gasteiger partial charge in [-0.25, -0.2) is 17.2 Å². The summed E-state index contributed by atoms with van der Waals surface area (Å²) in [5.41, 5.74) is 1.59. The molecule has 1 atom stereocenters. The molecular formula is C19H24F3N3O3S. The predicted molar refractivity (Wildman–Crippen MR) is 102 cm³/mol. The second kappa shape index (κ2) is 7.89. The zero-order chi connectivity index (χ0) is 21.4. The number of H-pyrrole nitrogens is 1. The van der Waals surface area contributed by atoms with Gasteiger partial charge in [0.25, 0.3) is 16.0 Å². The third-order valence-electron chi connectivity index (χ3n) is 5.21. The molecule has 0 aliphatic heterocycles. The molecular weight excluding hydrogens is 407 g/mol. The number of nitrogens with zero attached hydrogens (tertiary/aromatic N) is 1. The van der Waals surface area contributed by atoms with Crippen molar-refractivity contribution in [2.75, 3.05) is 18.0 Å². The lowest BCUT2D eigenvalue weighted by molar-refractivity contribution is 0.214. The van der Waals surface area contributed by atoms with E-state index in [0.29, 0.717) is 24.0 Å². The molecule has 6 nitrogen and oxygen atoms in total. The highest BCUT2D eigenvalue weighted by molar-refractivity contribution is 7.92. The fourth-order valence-corrected chi connectivity index (χ4v) is 4.80. The highest BCUT2D eigenvalue weighted by Gasteiger charge is 2.33. The minimum atomic E-state index is -4.18. The summed E-state index contributed by atoms with van der Waals surface area (Å²) in [6.45, 7) is 5.09. The Morgan fingerprint density at radius 2 is 2.07 bits per heavy atom. The average molecular weight is 431 g/mol. The van der Waals surface area contributed by atoms with Crippen LogP contribution in [0.1, 0.15) is 38.4 Å². The van der Waals surface area contributed by atoms with Gasteiger partial charge in [-0.3, -0.25) is 4.72 Å². The molecule has 3 rings (SSSR count).